The zero-order valence-corrected chi connectivity index (χ0v) is 11.9. The predicted octanol–water partition coefficient (Wildman–Crippen LogP) is 2.19. The van der Waals surface area contributed by atoms with Crippen LogP contribution in [0.25, 0.3) is 0 Å². The number of rotatable bonds is 2. The molecular weight excluding hydrogens is 246 g/mol. The fraction of sp³-hybridized carbons (Fsp3) is 1.00. The minimum absolute atomic E-state index is 0.157. The molecule has 3 fully saturated rings. The molecule has 3 nitrogen and oxygen atoms in total. The molecule has 0 aliphatic carbocycles. The Hall–Kier alpha value is 0.230. The molecule has 104 valence electrons. The van der Waals surface area contributed by atoms with Gasteiger partial charge in [-0.05, 0) is 55.9 Å². The van der Waals surface area contributed by atoms with Crippen LogP contribution in [-0.2, 0) is 9.47 Å². The fourth-order valence-electron chi connectivity index (χ4n) is 3.70. The van der Waals surface area contributed by atoms with Gasteiger partial charge in [0, 0.05) is 19.3 Å². The summed E-state index contributed by atoms with van der Waals surface area (Å²) in [4.78, 5) is 0. The molecule has 3 saturated heterocycles. The summed E-state index contributed by atoms with van der Waals surface area (Å²) >= 11 is 2.06. The minimum atomic E-state index is 0.157. The van der Waals surface area contributed by atoms with Crippen molar-refractivity contribution in [3.63, 3.8) is 0 Å². The van der Waals surface area contributed by atoms with E-state index in [0.29, 0.717) is 12.0 Å². The number of thioether (sulfide) groups is 1. The smallest absolute Gasteiger partial charge is 0.0729 e. The molecule has 0 aromatic heterocycles. The topological polar surface area (TPSA) is 44.5 Å². The van der Waals surface area contributed by atoms with E-state index in [4.69, 9.17) is 15.2 Å². The number of hydrogen-bond acceptors (Lipinski definition) is 4. The molecule has 18 heavy (non-hydrogen) atoms. The first kappa shape index (κ1) is 13.2. The molecule has 3 aliphatic rings. The highest BCUT2D eigenvalue weighted by Crippen LogP contribution is 2.41. The highest BCUT2D eigenvalue weighted by Gasteiger charge is 2.42. The lowest BCUT2D eigenvalue weighted by Gasteiger charge is -2.45. The average molecular weight is 271 g/mol. The van der Waals surface area contributed by atoms with Crippen LogP contribution in [-0.4, -0.2) is 42.5 Å². The van der Waals surface area contributed by atoms with Crippen LogP contribution >= 0.6 is 11.8 Å². The van der Waals surface area contributed by atoms with E-state index in [1.165, 1.54) is 30.8 Å². The van der Waals surface area contributed by atoms with Crippen molar-refractivity contribution >= 4 is 11.8 Å². The van der Waals surface area contributed by atoms with Crippen LogP contribution < -0.4 is 5.73 Å². The second kappa shape index (κ2) is 5.70. The predicted molar refractivity (Wildman–Crippen MR) is 74.9 cm³/mol. The SMILES string of the molecule is NC(C1CCOC2(CCSCC2)C1)C1CCCO1. The Bertz CT molecular complexity index is 269. The van der Waals surface area contributed by atoms with Crippen LogP contribution in [0.1, 0.15) is 38.5 Å². The first-order valence-electron chi connectivity index (χ1n) is 7.38. The standard InChI is InChI=1S/C14H25NO2S/c15-13(12-2-1-6-16-12)11-3-7-17-14(10-11)4-8-18-9-5-14/h11-13H,1-10,15H2. The monoisotopic (exact) mass is 271 g/mol. The molecule has 0 saturated carbocycles. The third kappa shape index (κ3) is 2.72. The van der Waals surface area contributed by atoms with Gasteiger partial charge in [-0.25, -0.2) is 0 Å². The molecule has 0 aromatic rings. The highest BCUT2D eigenvalue weighted by atomic mass is 32.2. The Morgan fingerprint density at radius 3 is 2.72 bits per heavy atom. The van der Waals surface area contributed by atoms with Gasteiger partial charge in [-0.15, -0.1) is 0 Å². The Morgan fingerprint density at radius 1 is 1.17 bits per heavy atom. The van der Waals surface area contributed by atoms with Crippen molar-refractivity contribution < 1.29 is 9.47 Å². The van der Waals surface area contributed by atoms with Crippen LogP contribution in [0.4, 0.5) is 0 Å². The van der Waals surface area contributed by atoms with Crippen molar-refractivity contribution in [3.05, 3.63) is 0 Å². The van der Waals surface area contributed by atoms with Gasteiger partial charge in [0.25, 0.3) is 0 Å². The van der Waals surface area contributed by atoms with Crippen LogP contribution in [0.15, 0.2) is 0 Å². The van der Waals surface area contributed by atoms with Crippen LogP contribution in [0.2, 0.25) is 0 Å². The highest BCUT2D eigenvalue weighted by molar-refractivity contribution is 7.99. The number of hydrogen-bond donors (Lipinski definition) is 1. The molecule has 3 heterocycles. The Kier molecular flexibility index (Phi) is 4.18. The van der Waals surface area contributed by atoms with Crippen LogP contribution in [0.3, 0.4) is 0 Å². The summed E-state index contributed by atoms with van der Waals surface area (Å²) in [5.41, 5.74) is 6.62. The maximum Gasteiger partial charge on any atom is 0.0729 e. The summed E-state index contributed by atoms with van der Waals surface area (Å²) in [6, 6.07) is 0.225. The Balaban J connectivity index is 1.62. The van der Waals surface area contributed by atoms with Gasteiger partial charge >= 0.3 is 0 Å². The molecule has 3 unspecified atom stereocenters. The van der Waals surface area contributed by atoms with Gasteiger partial charge in [0.15, 0.2) is 0 Å². The van der Waals surface area contributed by atoms with Crippen molar-refractivity contribution in [1.82, 2.24) is 0 Å². The third-order valence-corrected chi connectivity index (χ3v) is 5.86. The maximum absolute atomic E-state index is 6.46. The van der Waals surface area contributed by atoms with Crippen molar-refractivity contribution in [3.8, 4) is 0 Å². The van der Waals surface area contributed by atoms with Crippen molar-refractivity contribution in [2.45, 2.75) is 56.3 Å². The molecular formula is C14H25NO2S. The molecule has 0 radical (unpaired) electrons. The van der Waals surface area contributed by atoms with E-state index in [-0.39, 0.29) is 11.6 Å². The lowest BCUT2D eigenvalue weighted by molar-refractivity contribution is -0.111. The summed E-state index contributed by atoms with van der Waals surface area (Å²) < 4.78 is 11.9. The minimum Gasteiger partial charge on any atom is -0.377 e. The molecule has 0 aromatic carbocycles. The zero-order chi connectivity index (χ0) is 12.4. The third-order valence-electron chi connectivity index (χ3n) is 4.87. The number of ether oxygens (including phenoxy) is 2. The largest absolute Gasteiger partial charge is 0.377 e. The summed E-state index contributed by atoms with van der Waals surface area (Å²) in [6.07, 6.45) is 7.36. The molecule has 2 N–H and O–H groups in total. The van der Waals surface area contributed by atoms with Crippen molar-refractivity contribution in [1.29, 1.82) is 0 Å². The fourth-order valence-corrected chi connectivity index (χ4v) is 4.93. The van der Waals surface area contributed by atoms with E-state index < -0.39 is 0 Å². The van der Waals surface area contributed by atoms with Gasteiger partial charge in [-0.1, -0.05) is 0 Å². The maximum atomic E-state index is 6.46. The molecule has 4 heteroatoms. The van der Waals surface area contributed by atoms with Gasteiger partial charge in [0.05, 0.1) is 11.7 Å². The van der Waals surface area contributed by atoms with Crippen LogP contribution in [0.5, 0.6) is 0 Å². The normalized spacial score (nSPS) is 37.8. The second-order valence-corrected chi connectivity index (χ2v) is 7.25. The van der Waals surface area contributed by atoms with Crippen molar-refractivity contribution in [2.24, 2.45) is 11.7 Å². The lowest BCUT2D eigenvalue weighted by atomic mass is 9.77. The molecule has 0 amide bonds. The van der Waals surface area contributed by atoms with E-state index in [1.807, 2.05) is 0 Å². The van der Waals surface area contributed by atoms with Gasteiger partial charge in [0.2, 0.25) is 0 Å². The molecule has 3 atom stereocenters. The van der Waals surface area contributed by atoms with Crippen LogP contribution in [0, 0.1) is 5.92 Å². The first-order chi connectivity index (χ1) is 8.79. The summed E-state index contributed by atoms with van der Waals surface area (Å²) in [7, 11) is 0. The zero-order valence-electron chi connectivity index (χ0n) is 11.1. The molecule has 0 bridgehead atoms. The molecule has 1 spiro atoms. The van der Waals surface area contributed by atoms with Gasteiger partial charge in [-0.3, -0.25) is 0 Å². The number of nitrogens with two attached hydrogens (primary N) is 1. The van der Waals surface area contributed by atoms with Gasteiger partial charge in [0.1, 0.15) is 0 Å². The average Bonchev–Trinajstić information content (AvgIpc) is 2.93. The Labute approximate surface area is 114 Å². The summed E-state index contributed by atoms with van der Waals surface area (Å²) in [5, 5.41) is 0. The van der Waals surface area contributed by atoms with Gasteiger partial charge < -0.3 is 15.2 Å². The van der Waals surface area contributed by atoms with E-state index in [9.17, 15) is 0 Å². The summed E-state index contributed by atoms with van der Waals surface area (Å²) in [6.45, 7) is 1.80. The second-order valence-electron chi connectivity index (χ2n) is 6.03. The van der Waals surface area contributed by atoms with E-state index in [0.717, 1.165) is 32.5 Å². The van der Waals surface area contributed by atoms with E-state index in [1.54, 1.807) is 0 Å². The molecule has 3 aliphatic heterocycles. The summed E-state index contributed by atoms with van der Waals surface area (Å²) in [5.74, 6) is 3.11. The molecule has 3 rings (SSSR count). The Morgan fingerprint density at radius 2 is 2.00 bits per heavy atom. The van der Waals surface area contributed by atoms with Crippen molar-refractivity contribution in [2.75, 3.05) is 24.7 Å². The lowest BCUT2D eigenvalue weighted by Crippen LogP contribution is -2.50. The van der Waals surface area contributed by atoms with Gasteiger partial charge in [-0.2, -0.15) is 11.8 Å². The van der Waals surface area contributed by atoms with E-state index in [2.05, 4.69) is 11.8 Å². The van der Waals surface area contributed by atoms with E-state index >= 15 is 0 Å². The quantitative estimate of drug-likeness (QED) is 0.836. The first-order valence-corrected chi connectivity index (χ1v) is 8.53.